The normalized spacial score (nSPS) is 20.2. The second-order valence-corrected chi connectivity index (χ2v) is 5.23. The van der Waals surface area contributed by atoms with Gasteiger partial charge in [-0.05, 0) is 31.2 Å². The number of para-hydroxylation sites is 1. The summed E-state index contributed by atoms with van der Waals surface area (Å²) in [6.45, 7) is 4.80. The number of rotatable bonds is 4. The largest absolute Gasteiger partial charge is 0.493 e. The van der Waals surface area contributed by atoms with Crippen molar-refractivity contribution in [3.8, 4) is 5.75 Å². The standard InChI is InChI=1S/C15H22O2/c1-3-17-13-9-5-4-8-12(13)14(16)15(2)10-6-7-11-15/h4-5,8-9,14,16H,3,6-7,10-11H2,1-2H3. The molecule has 0 aromatic heterocycles. The van der Waals surface area contributed by atoms with Crippen LogP contribution in [-0.2, 0) is 0 Å². The molecule has 1 aliphatic rings. The van der Waals surface area contributed by atoms with Gasteiger partial charge >= 0.3 is 0 Å². The number of benzene rings is 1. The summed E-state index contributed by atoms with van der Waals surface area (Å²) in [5.41, 5.74) is 0.964. The van der Waals surface area contributed by atoms with Crippen molar-refractivity contribution < 1.29 is 9.84 Å². The Kier molecular flexibility index (Phi) is 3.72. The van der Waals surface area contributed by atoms with E-state index in [1.165, 1.54) is 12.8 Å². The van der Waals surface area contributed by atoms with Gasteiger partial charge in [0, 0.05) is 5.56 Å². The lowest BCUT2D eigenvalue weighted by molar-refractivity contribution is 0.0385. The summed E-state index contributed by atoms with van der Waals surface area (Å²) < 4.78 is 5.60. The van der Waals surface area contributed by atoms with Gasteiger partial charge < -0.3 is 9.84 Å². The first-order chi connectivity index (χ1) is 8.17. The first-order valence-corrected chi connectivity index (χ1v) is 6.57. The number of aliphatic hydroxyl groups excluding tert-OH is 1. The maximum absolute atomic E-state index is 10.6. The zero-order valence-corrected chi connectivity index (χ0v) is 10.8. The molecule has 0 heterocycles. The van der Waals surface area contributed by atoms with Crippen molar-refractivity contribution in [2.45, 2.75) is 45.6 Å². The molecule has 0 aliphatic heterocycles. The van der Waals surface area contributed by atoms with Crippen molar-refractivity contribution in [1.82, 2.24) is 0 Å². The van der Waals surface area contributed by atoms with Crippen molar-refractivity contribution in [2.75, 3.05) is 6.61 Å². The van der Waals surface area contributed by atoms with Gasteiger partial charge in [0.2, 0.25) is 0 Å². The molecule has 94 valence electrons. The second-order valence-electron chi connectivity index (χ2n) is 5.23. The predicted molar refractivity (Wildman–Crippen MR) is 69.1 cm³/mol. The van der Waals surface area contributed by atoms with E-state index in [-0.39, 0.29) is 5.41 Å². The zero-order chi connectivity index (χ0) is 12.3. The van der Waals surface area contributed by atoms with Crippen molar-refractivity contribution in [1.29, 1.82) is 0 Å². The molecule has 0 radical (unpaired) electrons. The average molecular weight is 234 g/mol. The molecule has 0 amide bonds. The summed E-state index contributed by atoms with van der Waals surface area (Å²) >= 11 is 0. The van der Waals surface area contributed by atoms with Gasteiger partial charge in [-0.2, -0.15) is 0 Å². The highest BCUT2D eigenvalue weighted by Crippen LogP contribution is 2.48. The van der Waals surface area contributed by atoms with Crippen molar-refractivity contribution in [2.24, 2.45) is 5.41 Å². The first-order valence-electron chi connectivity index (χ1n) is 6.57. The van der Waals surface area contributed by atoms with Crippen LogP contribution in [0.25, 0.3) is 0 Å². The fraction of sp³-hybridized carbons (Fsp3) is 0.600. The van der Waals surface area contributed by atoms with Crippen LogP contribution in [0, 0.1) is 5.41 Å². The van der Waals surface area contributed by atoms with Gasteiger partial charge in [0.15, 0.2) is 0 Å². The zero-order valence-electron chi connectivity index (χ0n) is 10.8. The summed E-state index contributed by atoms with van der Waals surface area (Å²) in [4.78, 5) is 0. The molecule has 1 N–H and O–H groups in total. The van der Waals surface area contributed by atoms with Crippen LogP contribution in [0.4, 0.5) is 0 Å². The third-order valence-electron chi connectivity index (χ3n) is 3.92. The van der Waals surface area contributed by atoms with Gasteiger partial charge in [-0.3, -0.25) is 0 Å². The van der Waals surface area contributed by atoms with Crippen LogP contribution < -0.4 is 4.74 Å². The third kappa shape index (κ3) is 2.47. The molecule has 1 atom stereocenters. The predicted octanol–water partition coefficient (Wildman–Crippen LogP) is 3.70. The van der Waals surface area contributed by atoms with Crippen LogP contribution in [0.2, 0.25) is 0 Å². The number of ether oxygens (including phenoxy) is 1. The molecule has 1 aromatic carbocycles. The fourth-order valence-electron chi connectivity index (χ4n) is 2.82. The lowest BCUT2D eigenvalue weighted by Crippen LogP contribution is -2.22. The Balaban J connectivity index is 2.26. The minimum Gasteiger partial charge on any atom is -0.493 e. The fourth-order valence-corrected chi connectivity index (χ4v) is 2.82. The Bertz CT molecular complexity index is 367. The van der Waals surface area contributed by atoms with Crippen LogP contribution >= 0.6 is 0 Å². The van der Waals surface area contributed by atoms with Crippen LogP contribution in [0.15, 0.2) is 24.3 Å². The molecule has 0 bridgehead atoms. The van der Waals surface area contributed by atoms with E-state index in [9.17, 15) is 5.11 Å². The molecule has 1 unspecified atom stereocenters. The van der Waals surface area contributed by atoms with Gasteiger partial charge in [-0.25, -0.2) is 0 Å². The van der Waals surface area contributed by atoms with Gasteiger partial charge in [0.05, 0.1) is 12.7 Å². The summed E-state index contributed by atoms with van der Waals surface area (Å²) in [7, 11) is 0. The first kappa shape index (κ1) is 12.4. The summed E-state index contributed by atoms with van der Waals surface area (Å²) in [5, 5.41) is 10.6. The minimum atomic E-state index is -0.409. The molecule has 2 rings (SSSR count). The van der Waals surface area contributed by atoms with Crippen LogP contribution in [0.1, 0.15) is 51.2 Å². The van der Waals surface area contributed by atoms with Crippen LogP contribution in [0.5, 0.6) is 5.75 Å². The summed E-state index contributed by atoms with van der Waals surface area (Å²) in [5.74, 6) is 0.829. The number of hydrogen-bond donors (Lipinski definition) is 1. The third-order valence-corrected chi connectivity index (χ3v) is 3.92. The van der Waals surface area contributed by atoms with Gasteiger partial charge in [-0.15, -0.1) is 0 Å². The monoisotopic (exact) mass is 234 g/mol. The average Bonchev–Trinajstić information content (AvgIpc) is 2.78. The molecule has 2 nitrogen and oxygen atoms in total. The highest BCUT2D eigenvalue weighted by Gasteiger charge is 2.37. The topological polar surface area (TPSA) is 29.5 Å². The van der Waals surface area contributed by atoms with Crippen molar-refractivity contribution in [3.05, 3.63) is 29.8 Å². The maximum atomic E-state index is 10.6. The van der Waals surface area contributed by atoms with Crippen LogP contribution in [-0.4, -0.2) is 11.7 Å². The van der Waals surface area contributed by atoms with Gasteiger partial charge in [-0.1, -0.05) is 38.0 Å². The molecule has 2 heteroatoms. The Morgan fingerprint density at radius 3 is 2.59 bits per heavy atom. The van der Waals surface area contributed by atoms with E-state index in [0.717, 1.165) is 24.2 Å². The van der Waals surface area contributed by atoms with E-state index < -0.39 is 6.10 Å². The van der Waals surface area contributed by atoms with Gasteiger partial charge in [0.25, 0.3) is 0 Å². The van der Waals surface area contributed by atoms with Gasteiger partial charge in [0.1, 0.15) is 5.75 Å². The molecule has 17 heavy (non-hydrogen) atoms. The van der Waals surface area contributed by atoms with Crippen LogP contribution in [0.3, 0.4) is 0 Å². The molecule has 0 spiro atoms. The second kappa shape index (κ2) is 5.09. The molecule has 0 saturated heterocycles. The molecule has 1 saturated carbocycles. The van der Waals surface area contributed by atoms with E-state index >= 15 is 0 Å². The van der Waals surface area contributed by atoms with Crippen molar-refractivity contribution in [3.63, 3.8) is 0 Å². The smallest absolute Gasteiger partial charge is 0.125 e. The highest BCUT2D eigenvalue weighted by molar-refractivity contribution is 5.36. The molecule has 1 aromatic rings. The van der Waals surface area contributed by atoms with E-state index in [4.69, 9.17) is 4.74 Å². The van der Waals surface area contributed by atoms with E-state index in [1.54, 1.807) is 0 Å². The Labute approximate surface area is 104 Å². The summed E-state index contributed by atoms with van der Waals surface area (Å²) in [6, 6.07) is 7.86. The maximum Gasteiger partial charge on any atom is 0.125 e. The Morgan fingerprint density at radius 1 is 1.29 bits per heavy atom. The highest BCUT2D eigenvalue weighted by atomic mass is 16.5. The summed E-state index contributed by atoms with van der Waals surface area (Å²) in [6.07, 6.45) is 4.26. The molecule has 1 fully saturated rings. The number of hydrogen-bond acceptors (Lipinski definition) is 2. The lowest BCUT2D eigenvalue weighted by atomic mass is 9.79. The van der Waals surface area contributed by atoms with E-state index in [0.29, 0.717) is 6.61 Å². The molecular weight excluding hydrogens is 212 g/mol. The Morgan fingerprint density at radius 2 is 1.94 bits per heavy atom. The molecule has 1 aliphatic carbocycles. The quantitative estimate of drug-likeness (QED) is 0.860. The van der Waals surface area contributed by atoms with E-state index in [2.05, 4.69) is 6.92 Å². The Hall–Kier alpha value is -1.02. The van der Waals surface area contributed by atoms with E-state index in [1.807, 2.05) is 31.2 Å². The minimum absolute atomic E-state index is 0.0210. The SMILES string of the molecule is CCOc1ccccc1C(O)C1(C)CCCC1. The lowest BCUT2D eigenvalue weighted by Gasteiger charge is -2.31. The van der Waals surface area contributed by atoms with Crippen molar-refractivity contribution >= 4 is 0 Å². The molecular formula is C15H22O2. The number of aliphatic hydroxyl groups is 1.